The van der Waals surface area contributed by atoms with Crippen LogP contribution in [0.4, 0.5) is 5.69 Å². The first kappa shape index (κ1) is 6.49. The quantitative estimate of drug-likeness (QED) is 0.546. The van der Waals surface area contributed by atoms with Gasteiger partial charge in [-0.3, -0.25) is 0 Å². The van der Waals surface area contributed by atoms with Gasteiger partial charge in [-0.1, -0.05) is 0 Å². The van der Waals surface area contributed by atoms with E-state index in [9.17, 15) is 0 Å². The van der Waals surface area contributed by atoms with Crippen molar-refractivity contribution in [1.29, 1.82) is 0 Å². The smallest absolute Gasteiger partial charge is 0.0540 e. The lowest BCUT2D eigenvalue weighted by Crippen LogP contribution is -1.69. The lowest BCUT2D eigenvalue weighted by Gasteiger charge is -1.93. The summed E-state index contributed by atoms with van der Waals surface area (Å²) in [4.78, 5) is 1.21. The van der Waals surface area contributed by atoms with Gasteiger partial charge in [-0.15, -0.1) is 11.8 Å². The van der Waals surface area contributed by atoms with E-state index in [1.807, 2.05) is 18.4 Å². The zero-order chi connectivity index (χ0) is 6.69. The van der Waals surface area contributed by atoms with Gasteiger partial charge in [-0.05, 0) is 30.5 Å². The van der Waals surface area contributed by atoms with E-state index < -0.39 is 0 Å². The standard InChI is InChI=1S/C7H8NS/c1-9-7-4-2-6(8)3-5-7/h2-5,8H,1H3. The average molecular weight is 138 g/mol. The van der Waals surface area contributed by atoms with Crippen molar-refractivity contribution in [3.05, 3.63) is 24.3 Å². The van der Waals surface area contributed by atoms with Crippen LogP contribution < -0.4 is 5.73 Å². The van der Waals surface area contributed by atoms with E-state index in [0.29, 0.717) is 5.69 Å². The van der Waals surface area contributed by atoms with Gasteiger partial charge in [0, 0.05) is 4.90 Å². The maximum Gasteiger partial charge on any atom is 0.0540 e. The van der Waals surface area contributed by atoms with Crippen LogP contribution in [0.2, 0.25) is 0 Å². The second-order valence-electron chi connectivity index (χ2n) is 1.73. The largest absolute Gasteiger partial charge is 0.301 e. The Labute approximate surface area is 59.3 Å². The van der Waals surface area contributed by atoms with E-state index in [1.54, 1.807) is 23.9 Å². The minimum absolute atomic E-state index is 0.577. The summed E-state index contributed by atoms with van der Waals surface area (Å²) in [6.45, 7) is 0. The SMILES string of the molecule is CSc1ccc([NH])cc1. The minimum atomic E-state index is 0.577. The van der Waals surface area contributed by atoms with Gasteiger partial charge in [0.1, 0.15) is 0 Å². The van der Waals surface area contributed by atoms with E-state index in [0.717, 1.165) is 0 Å². The number of benzene rings is 1. The fourth-order valence-corrected chi connectivity index (χ4v) is 0.999. The molecular weight excluding hydrogens is 130 g/mol. The fraction of sp³-hybridized carbons (Fsp3) is 0.143. The molecule has 0 unspecified atom stereocenters. The summed E-state index contributed by atoms with van der Waals surface area (Å²) in [5, 5.41) is 0. The molecule has 1 rings (SSSR count). The predicted octanol–water partition coefficient (Wildman–Crippen LogP) is 2.32. The van der Waals surface area contributed by atoms with E-state index in [2.05, 4.69) is 0 Å². The van der Waals surface area contributed by atoms with Gasteiger partial charge >= 0.3 is 0 Å². The Morgan fingerprint density at radius 2 is 1.78 bits per heavy atom. The summed E-state index contributed by atoms with van der Waals surface area (Å²) >= 11 is 1.69. The summed E-state index contributed by atoms with van der Waals surface area (Å²) in [5.74, 6) is 0. The van der Waals surface area contributed by atoms with Crippen molar-refractivity contribution < 1.29 is 0 Å². The predicted molar refractivity (Wildman–Crippen MR) is 41.0 cm³/mol. The van der Waals surface area contributed by atoms with E-state index in [1.165, 1.54) is 4.90 Å². The highest BCUT2D eigenvalue weighted by Crippen LogP contribution is 2.15. The molecule has 0 spiro atoms. The van der Waals surface area contributed by atoms with Crippen LogP contribution in [0.5, 0.6) is 0 Å². The lowest BCUT2D eigenvalue weighted by atomic mass is 10.3. The molecule has 2 heteroatoms. The number of nitrogens with one attached hydrogen (secondary N) is 1. The van der Waals surface area contributed by atoms with Crippen LogP contribution >= 0.6 is 11.8 Å². The highest BCUT2D eigenvalue weighted by Gasteiger charge is 1.86. The lowest BCUT2D eigenvalue weighted by molar-refractivity contribution is 1.40. The first-order chi connectivity index (χ1) is 4.33. The van der Waals surface area contributed by atoms with E-state index >= 15 is 0 Å². The van der Waals surface area contributed by atoms with Crippen molar-refractivity contribution in [3.63, 3.8) is 0 Å². The maximum atomic E-state index is 7.16. The van der Waals surface area contributed by atoms with Gasteiger partial charge in [-0.2, -0.15) is 0 Å². The molecule has 0 aromatic heterocycles. The number of thioether (sulfide) groups is 1. The zero-order valence-electron chi connectivity index (χ0n) is 5.22. The molecule has 0 fully saturated rings. The molecule has 0 aliphatic carbocycles. The summed E-state index contributed by atoms with van der Waals surface area (Å²) in [6.07, 6.45) is 2.03. The van der Waals surface area contributed by atoms with E-state index in [4.69, 9.17) is 5.73 Å². The Bertz CT molecular complexity index is 181. The molecule has 1 nitrogen and oxygen atoms in total. The van der Waals surface area contributed by atoms with Crippen LogP contribution in [0.15, 0.2) is 29.2 Å². The summed E-state index contributed by atoms with van der Waals surface area (Å²) < 4.78 is 0. The third kappa shape index (κ3) is 1.64. The molecule has 0 saturated heterocycles. The average Bonchev–Trinajstić information content (AvgIpc) is 1.90. The molecule has 1 radical (unpaired) electrons. The molecule has 0 atom stereocenters. The number of hydrogen-bond donors (Lipinski definition) is 0. The van der Waals surface area contributed by atoms with Crippen LogP contribution in [0.3, 0.4) is 0 Å². The monoisotopic (exact) mass is 138 g/mol. The molecule has 0 heterocycles. The zero-order valence-corrected chi connectivity index (χ0v) is 6.03. The van der Waals surface area contributed by atoms with Crippen LogP contribution in [-0.2, 0) is 0 Å². The number of rotatable bonds is 1. The fourth-order valence-electron chi connectivity index (χ4n) is 0.591. The van der Waals surface area contributed by atoms with Crippen molar-refractivity contribution in [2.75, 3.05) is 6.26 Å². The van der Waals surface area contributed by atoms with Gasteiger partial charge in [0.2, 0.25) is 0 Å². The third-order valence-electron chi connectivity index (χ3n) is 1.09. The van der Waals surface area contributed by atoms with Crippen molar-refractivity contribution in [3.8, 4) is 0 Å². The first-order valence-corrected chi connectivity index (χ1v) is 3.91. The molecule has 9 heavy (non-hydrogen) atoms. The van der Waals surface area contributed by atoms with Crippen molar-refractivity contribution >= 4 is 17.4 Å². The highest BCUT2D eigenvalue weighted by molar-refractivity contribution is 7.98. The molecule has 0 saturated carbocycles. The van der Waals surface area contributed by atoms with E-state index in [-0.39, 0.29) is 0 Å². The second kappa shape index (κ2) is 2.78. The molecular formula is C7H8NS. The van der Waals surface area contributed by atoms with Gasteiger partial charge < -0.3 is 5.73 Å². The van der Waals surface area contributed by atoms with Crippen molar-refractivity contribution in [2.45, 2.75) is 4.90 Å². The van der Waals surface area contributed by atoms with Gasteiger partial charge in [0.05, 0.1) is 5.69 Å². The van der Waals surface area contributed by atoms with Crippen molar-refractivity contribution in [1.82, 2.24) is 5.73 Å². The second-order valence-corrected chi connectivity index (χ2v) is 2.61. The molecule has 1 N–H and O–H groups in total. The van der Waals surface area contributed by atoms with Crippen LogP contribution in [0.1, 0.15) is 0 Å². The van der Waals surface area contributed by atoms with Crippen LogP contribution in [0.25, 0.3) is 0 Å². The Hall–Kier alpha value is -0.630. The summed E-state index contributed by atoms with van der Waals surface area (Å²) in [7, 11) is 0. The maximum absolute atomic E-state index is 7.16. The number of hydrogen-bond acceptors (Lipinski definition) is 1. The molecule has 47 valence electrons. The topological polar surface area (TPSA) is 23.8 Å². The van der Waals surface area contributed by atoms with Gasteiger partial charge in [-0.25, -0.2) is 0 Å². The minimum Gasteiger partial charge on any atom is -0.301 e. The normalized spacial score (nSPS) is 9.44. The van der Waals surface area contributed by atoms with Gasteiger partial charge in [0.25, 0.3) is 0 Å². The Balaban J connectivity index is 2.88. The Morgan fingerprint density at radius 3 is 2.22 bits per heavy atom. The molecule has 0 aliphatic rings. The summed E-state index contributed by atoms with van der Waals surface area (Å²) in [5.41, 5.74) is 7.73. The molecule has 0 aliphatic heterocycles. The van der Waals surface area contributed by atoms with Crippen LogP contribution in [-0.4, -0.2) is 6.26 Å². The highest BCUT2D eigenvalue weighted by atomic mass is 32.2. The Morgan fingerprint density at radius 1 is 1.22 bits per heavy atom. The summed E-state index contributed by atoms with van der Waals surface area (Å²) in [6, 6.07) is 7.50. The first-order valence-electron chi connectivity index (χ1n) is 2.68. The molecule has 1 aromatic carbocycles. The molecule has 0 amide bonds. The van der Waals surface area contributed by atoms with Gasteiger partial charge in [0.15, 0.2) is 0 Å². The molecule has 0 bridgehead atoms. The third-order valence-corrected chi connectivity index (χ3v) is 1.83. The van der Waals surface area contributed by atoms with Crippen LogP contribution in [0, 0.1) is 0 Å². The molecule has 1 aromatic rings. The van der Waals surface area contributed by atoms with Crippen molar-refractivity contribution in [2.24, 2.45) is 0 Å². The Kier molecular flexibility index (Phi) is 2.01.